The van der Waals surface area contributed by atoms with E-state index < -0.39 is 11.4 Å². The van der Waals surface area contributed by atoms with Crippen LogP contribution in [0.4, 0.5) is 0 Å². The van der Waals surface area contributed by atoms with Crippen molar-refractivity contribution in [1.29, 1.82) is 0 Å². The van der Waals surface area contributed by atoms with Gasteiger partial charge < -0.3 is 9.84 Å². The molecule has 0 fully saturated rings. The zero-order valence-electron chi connectivity index (χ0n) is 11.8. The molecule has 0 aliphatic carbocycles. The van der Waals surface area contributed by atoms with Gasteiger partial charge in [-0.2, -0.15) is 0 Å². The Bertz CT molecular complexity index is 225. The summed E-state index contributed by atoms with van der Waals surface area (Å²) in [5.41, 5.74) is -0.712. The van der Waals surface area contributed by atoms with Crippen molar-refractivity contribution in [3.63, 3.8) is 0 Å². The van der Waals surface area contributed by atoms with E-state index in [4.69, 9.17) is 4.74 Å². The number of ether oxygens (including phenoxy) is 1. The summed E-state index contributed by atoms with van der Waals surface area (Å²) in [7, 11) is 1.67. The van der Waals surface area contributed by atoms with Crippen LogP contribution in [0.15, 0.2) is 0 Å². The van der Waals surface area contributed by atoms with Gasteiger partial charge in [0.15, 0.2) is 0 Å². The molecule has 0 aliphatic heterocycles. The highest BCUT2D eigenvalue weighted by Crippen LogP contribution is 2.20. The maximum atomic E-state index is 11.2. The fraction of sp³-hybridized carbons (Fsp3) is 0.923. The molecule has 0 amide bonds. The molecule has 0 aliphatic rings. The Balaban J connectivity index is 4.62. The second-order valence-electron chi connectivity index (χ2n) is 5.12. The summed E-state index contributed by atoms with van der Waals surface area (Å²) in [6.07, 6.45) is 2.08. The predicted octanol–water partition coefficient (Wildman–Crippen LogP) is 2.23. The summed E-state index contributed by atoms with van der Waals surface area (Å²) in [6.45, 7) is 9.84. The first-order valence-corrected chi connectivity index (χ1v) is 6.35. The number of carboxylic acids is 1. The Hall–Kier alpha value is -0.610. The van der Waals surface area contributed by atoms with Crippen LogP contribution in [0, 0.1) is 5.41 Å². The summed E-state index contributed by atoms with van der Waals surface area (Å²) in [5.74, 6) is -0.745. The van der Waals surface area contributed by atoms with Crippen LogP contribution in [0.25, 0.3) is 0 Å². The number of hydrogen-bond acceptors (Lipinski definition) is 3. The van der Waals surface area contributed by atoms with Crippen LogP contribution in [-0.4, -0.2) is 48.8 Å². The lowest BCUT2D eigenvalue weighted by Crippen LogP contribution is -2.45. The van der Waals surface area contributed by atoms with Crippen molar-refractivity contribution in [2.45, 2.75) is 46.6 Å². The predicted molar refractivity (Wildman–Crippen MR) is 69.2 cm³/mol. The molecule has 0 aromatic carbocycles. The van der Waals surface area contributed by atoms with E-state index in [1.54, 1.807) is 21.0 Å². The minimum Gasteiger partial charge on any atom is -0.481 e. The van der Waals surface area contributed by atoms with Crippen LogP contribution in [0.2, 0.25) is 0 Å². The van der Waals surface area contributed by atoms with E-state index in [1.165, 1.54) is 0 Å². The largest absolute Gasteiger partial charge is 0.481 e. The standard InChI is InChI=1S/C13H27NO3/c1-6-11(7-2)14(8-9-17-5)10-13(3,4)12(15)16/h11H,6-10H2,1-5H3,(H,15,16). The van der Waals surface area contributed by atoms with Gasteiger partial charge in [-0.25, -0.2) is 0 Å². The van der Waals surface area contributed by atoms with Gasteiger partial charge in [0.1, 0.15) is 0 Å². The molecule has 0 atom stereocenters. The summed E-state index contributed by atoms with van der Waals surface area (Å²) < 4.78 is 5.10. The highest BCUT2D eigenvalue weighted by Gasteiger charge is 2.31. The molecule has 0 bridgehead atoms. The molecule has 0 rings (SSSR count). The van der Waals surface area contributed by atoms with Gasteiger partial charge >= 0.3 is 5.97 Å². The van der Waals surface area contributed by atoms with E-state index in [1.807, 2.05) is 0 Å². The smallest absolute Gasteiger partial charge is 0.310 e. The number of aliphatic carboxylic acids is 1. The quantitative estimate of drug-likeness (QED) is 0.677. The Morgan fingerprint density at radius 2 is 1.88 bits per heavy atom. The lowest BCUT2D eigenvalue weighted by Gasteiger charge is -2.35. The topological polar surface area (TPSA) is 49.8 Å². The molecular weight excluding hydrogens is 218 g/mol. The second kappa shape index (κ2) is 7.67. The normalized spacial score (nSPS) is 12.4. The Morgan fingerprint density at radius 3 is 2.24 bits per heavy atom. The van der Waals surface area contributed by atoms with Crippen molar-refractivity contribution in [2.24, 2.45) is 5.41 Å². The van der Waals surface area contributed by atoms with Crippen molar-refractivity contribution in [3.8, 4) is 0 Å². The molecule has 4 heteroatoms. The van der Waals surface area contributed by atoms with Gasteiger partial charge in [-0.05, 0) is 26.7 Å². The van der Waals surface area contributed by atoms with Crippen LogP contribution in [0.5, 0.6) is 0 Å². The van der Waals surface area contributed by atoms with Crippen molar-refractivity contribution >= 4 is 5.97 Å². The van der Waals surface area contributed by atoms with Gasteiger partial charge in [0.2, 0.25) is 0 Å². The zero-order chi connectivity index (χ0) is 13.5. The average Bonchev–Trinajstić information content (AvgIpc) is 2.26. The molecular formula is C13H27NO3. The molecule has 4 nitrogen and oxygen atoms in total. The molecule has 0 radical (unpaired) electrons. The lowest BCUT2D eigenvalue weighted by molar-refractivity contribution is -0.148. The fourth-order valence-electron chi connectivity index (χ4n) is 1.98. The molecule has 0 spiro atoms. The molecule has 0 heterocycles. The molecule has 0 saturated carbocycles. The number of rotatable bonds is 9. The fourth-order valence-corrected chi connectivity index (χ4v) is 1.98. The van der Waals surface area contributed by atoms with E-state index in [9.17, 15) is 9.90 Å². The summed E-state index contributed by atoms with van der Waals surface area (Å²) in [4.78, 5) is 13.4. The molecule has 17 heavy (non-hydrogen) atoms. The molecule has 0 aromatic rings. The van der Waals surface area contributed by atoms with E-state index in [2.05, 4.69) is 18.7 Å². The van der Waals surface area contributed by atoms with E-state index >= 15 is 0 Å². The first kappa shape index (κ1) is 16.4. The van der Waals surface area contributed by atoms with Crippen LogP contribution in [0.1, 0.15) is 40.5 Å². The first-order chi connectivity index (χ1) is 7.88. The first-order valence-electron chi connectivity index (χ1n) is 6.35. The van der Waals surface area contributed by atoms with Crippen molar-refractivity contribution in [3.05, 3.63) is 0 Å². The maximum absolute atomic E-state index is 11.2. The number of methoxy groups -OCH3 is 1. The van der Waals surface area contributed by atoms with Gasteiger partial charge in [-0.15, -0.1) is 0 Å². The molecule has 1 N–H and O–H groups in total. The van der Waals surface area contributed by atoms with E-state index in [-0.39, 0.29) is 0 Å². The number of carbonyl (C=O) groups is 1. The van der Waals surface area contributed by atoms with Gasteiger partial charge in [-0.3, -0.25) is 9.69 Å². The summed E-state index contributed by atoms with van der Waals surface area (Å²) in [6, 6.07) is 0.434. The Kier molecular flexibility index (Phi) is 7.39. The van der Waals surface area contributed by atoms with Gasteiger partial charge in [0.05, 0.1) is 12.0 Å². The van der Waals surface area contributed by atoms with Crippen LogP contribution >= 0.6 is 0 Å². The van der Waals surface area contributed by atoms with Gasteiger partial charge in [-0.1, -0.05) is 13.8 Å². The van der Waals surface area contributed by atoms with Crippen LogP contribution in [0.3, 0.4) is 0 Å². The highest BCUT2D eigenvalue weighted by atomic mass is 16.5. The third-order valence-electron chi connectivity index (χ3n) is 3.22. The monoisotopic (exact) mass is 245 g/mol. The summed E-state index contributed by atoms with van der Waals surface area (Å²) >= 11 is 0. The number of carboxylic acid groups (broad SMARTS) is 1. The molecule has 102 valence electrons. The third kappa shape index (κ3) is 5.50. The third-order valence-corrected chi connectivity index (χ3v) is 3.22. The average molecular weight is 245 g/mol. The maximum Gasteiger partial charge on any atom is 0.310 e. The van der Waals surface area contributed by atoms with E-state index in [0.29, 0.717) is 19.2 Å². The minimum absolute atomic E-state index is 0.434. The van der Waals surface area contributed by atoms with Crippen molar-refractivity contribution < 1.29 is 14.6 Å². The lowest BCUT2D eigenvalue weighted by atomic mass is 9.92. The Morgan fingerprint density at radius 1 is 1.35 bits per heavy atom. The van der Waals surface area contributed by atoms with Crippen LogP contribution < -0.4 is 0 Å². The van der Waals surface area contributed by atoms with Gasteiger partial charge in [0, 0.05) is 26.2 Å². The van der Waals surface area contributed by atoms with Crippen molar-refractivity contribution in [1.82, 2.24) is 4.90 Å². The zero-order valence-corrected chi connectivity index (χ0v) is 11.8. The number of nitrogens with zero attached hydrogens (tertiary/aromatic N) is 1. The van der Waals surface area contributed by atoms with Gasteiger partial charge in [0.25, 0.3) is 0 Å². The highest BCUT2D eigenvalue weighted by molar-refractivity contribution is 5.73. The summed E-state index contributed by atoms with van der Waals surface area (Å²) in [5, 5.41) is 9.18. The van der Waals surface area contributed by atoms with Crippen molar-refractivity contribution in [2.75, 3.05) is 26.8 Å². The minimum atomic E-state index is -0.745. The number of hydrogen-bond donors (Lipinski definition) is 1. The molecule has 0 aromatic heterocycles. The second-order valence-corrected chi connectivity index (χ2v) is 5.12. The molecule has 0 unspecified atom stereocenters. The SMILES string of the molecule is CCC(CC)N(CCOC)CC(C)(C)C(=O)O. The van der Waals surface area contributed by atoms with E-state index in [0.717, 1.165) is 19.4 Å². The molecule has 0 saturated heterocycles. The van der Waals surface area contributed by atoms with Crippen LogP contribution in [-0.2, 0) is 9.53 Å². The Labute approximate surface area is 105 Å².